The number of ether oxygens (including phenoxy) is 1. The average molecular weight is 1100 g/mol. The van der Waals surface area contributed by atoms with Crippen LogP contribution in [-0.4, -0.2) is 75.9 Å². The largest absolute Gasteiger partial charge is 0.505 e. The highest BCUT2D eigenvalue weighted by Crippen LogP contribution is 2.47. The summed E-state index contributed by atoms with van der Waals surface area (Å²) in [5.74, 6) is -5.75. The summed E-state index contributed by atoms with van der Waals surface area (Å²) in [6, 6.07) is 25.6. The Labute approximate surface area is 437 Å². The maximum Gasteiger partial charge on any atom is 0.335 e. The number of phenolic OH excluding ortho intramolecular Hbond substituents is 2. The van der Waals surface area contributed by atoms with Crippen molar-refractivity contribution >= 4 is 135 Å². The van der Waals surface area contributed by atoms with Crippen molar-refractivity contribution in [2.24, 2.45) is 40.9 Å². The first-order valence-corrected chi connectivity index (χ1v) is 24.6. The zero-order valence-corrected chi connectivity index (χ0v) is 40.8. The molecule has 0 aliphatic heterocycles. The van der Waals surface area contributed by atoms with E-state index in [-0.39, 0.29) is 90.7 Å². The summed E-state index contributed by atoms with van der Waals surface area (Å²) in [4.78, 5) is 44.0. The number of nitrogens with two attached hydrogens (primary N) is 2. The fourth-order valence-electron chi connectivity index (χ4n) is 7.48. The molecule has 0 aromatic heterocycles. The number of aromatic carboxylic acids is 3. The molecule has 0 heterocycles. The van der Waals surface area contributed by atoms with Crippen LogP contribution in [0.4, 0.5) is 56.9 Å². The van der Waals surface area contributed by atoms with Crippen molar-refractivity contribution < 1.29 is 75.4 Å². The third-order valence-corrected chi connectivity index (χ3v) is 12.9. The van der Waals surface area contributed by atoms with Crippen molar-refractivity contribution in [3.8, 4) is 17.2 Å². The van der Waals surface area contributed by atoms with Gasteiger partial charge in [0.15, 0.2) is 11.5 Å². The SMILES string of the molecule is Nc1ccc(N=Nc2ccc(/C=C/c3ccc(N=Nc4ccc(N)c5c(O)c(N=Nc6cc(C(=O)O)cc(C(=O)O)c6)c(S(=O)(=O)O)cc45)cc3)c(S(=O)(=O)O)c2)c2ccc(N=Nc3cc(OC=O)cc(C(=O)O)c3)c(O)c12. The van der Waals surface area contributed by atoms with Crippen molar-refractivity contribution in [3.63, 3.8) is 0 Å². The second-order valence-electron chi connectivity index (χ2n) is 16.2. The van der Waals surface area contributed by atoms with Gasteiger partial charge >= 0.3 is 17.9 Å². The summed E-state index contributed by atoms with van der Waals surface area (Å²) in [6.07, 6.45) is 2.93. The van der Waals surface area contributed by atoms with E-state index in [9.17, 15) is 70.7 Å². The van der Waals surface area contributed by atoms with Crippen LogP contribution in [0.2, 0.25) is 0 Å². The Balaban J connectivity index is 1.02. The van der Waals surface area contributed by atoms with Crippen LogP contribution in [0, 0.1) is 0 Å². The summed E-state index contributed by atoms with van der Waals surface area (Å²) < 4.78 is 75.5. The van der Waals surface area contributed by atoms with Crippen molar-refractivity contribution in [3.05, 3.63) is 149 Å². The molecule has 0 aliphatic rings. The number of phenols is 2. The molecule has 0 atom stereocenters. The van der Waals surface area contributed by atoms with E-state index in [0.29, 0.717) is 10.9 Å². The molecule has 11 N–H and O–H groups in total. The molecule has 78 heavy (non-hydrogen) atoms. The highest BCUT2D eigenvalue weighted by molar-refractivity contribution is 7.86. The molecule has 8 rings (SSSR count). The Kier molecular flexibility index (Phi) is 14.9. The van der Waals surface area contributed by atoms with Crippen LogP contribution in [-0.2, 0) is 25.0 Å². The van der Waals surface area contributed by atoms with Gasteiger partial charge in [-0.25, -0.2) is 14.4 Å². The second-order valence-corrected chi connectivity index (χ2v) is 19.0. The Morgan fingerprint density at radius 1 is 0.474 bits per heavy atom. The highest BCUT2D eigenvalue weighted by atomic mass is 32.2. The van der Waals surface area contributed by atoms with Crippen LogP contribution >= 0.6 is 0 Å². The fraction of sp³-hybridized carbons (Fsp3) is 0. The van der Waals surface area contributed by atoms with Crippen molar-refractivity contribution in [1.82, 2.24) is 0 Å². The quantitative estimate of drug-likeness (QED) is 0.0134. The lowest BCUT2D eigenvalue weighted by Crippen LogP contribution is -2.01. The Bertz CT molecular complexity index is 4210. The maximum absolute atomic E-state index is 12.6. The van der Waals surface area contributed by atoms with Crippen LogP contribution in [0.25, 0.3) is 33.7 Å². The number of fused-ring (bicyclic) bond motifs is 2. The van der Waals surface area contributed by atoms with E-state index >= 15 is 0 Å². The summed E-state index contributed by atoms with van der Waals surface area (Å²) in [5.41, 5.74) is 10.8. The number of carbonyl (C=O) groups excluding carboxylic acids is 1. The van der Waals surface area contributed by atoms with E-state index < -0.39 is 76.2 Å². The molecule has 0 unspecified atom stereocenters. The molecule has 0 radical (unpaired) electrons. The molecule has 8 aromatic carbocycles. The topological polar surface area (TPSA) is 438 Å². The zero-order valence-electron chi connectivity index (χ0n) is 39.1. The minimum atomic E-state index is -5.18. The Morgan fingerprint density at radius 2 is 0.974 bits per heavy atom. The molecule has 0 saturated heterocycles. The summed E-state index contributed by atoms with van der Waals surface area (Å²) >= 11 is 0. The first kappa shape index (κ1) is 53.6. The lowest BCUT2D eigenvalue weighted by Gasteiger charge is -2.12. The molecule has 0 saturated carbocycles. The lowest BCUT2D eigenvalue weighted by atomic mass is 10.0. The third-order valence-electron chi connectivity index (χ3n) is 11.1. The van der Waals surface area contributed by atoms with Crippen molar-refractivity contribution in [2.45, 2.75) is 9.79 Å². The molecule has 0 spiro atoms. The number of azo groups is 4. The van der Waals surface area contributed by atoms with Crippen molar-refractivity contribution in [1.29, 1.82) is 0 Å². The average Bonchev–Trinajstić information content (AvgIpc) is 3.46. The van der Waals surface area contributed by atoms with Crippen LogP contribution in [0.15, 0.2) is 172 Å². The monoisotopic (exact) mass is 1090 g/mol. The number of hydrogen-bond donors (Lipinski definition) is 9. The number of anilines is 2. The first-order valence-electron chi connectivity index (χ1n) is 21.8. The van der Waals surface area contributed by atoms with Gasteiger partial charge in [-0.2, -0.15) is 37.3 Å². The summed E-state index contributed by atoms with van der Waals surface area (Å²) in [5, 5.41) is 83.0. The Morgan fingerprint density at radius 3 is 1.56 bits per heavy atom. The number of benzene rings is 8. The van der Waals surface area contributed by atoms with Gasteiger partial charge in [0.1, 0.15) is 26.9 Å². The van der Waals surface area contributed by atoms with Gasteiger partial charge in [-0.1, -0.05) is 30.4 Å². The molecule has 392 valence electrons. The van der Waals surface area contributed by atoms with Gasteiger partial charge in [-0.05, 0) is 108 Å². The van der Waals surface area contributed by atoms with Crippen LogP contribution < -0.4 is 16.2 Å². The maximum atomic E-state index is 12.6. The van der Waals surface area contributed by atoms with Crippen LogP contribution in [0.3, 0.4) is 0 Å². The molecule has 0 fully saturated rings. The predicted octanol–water partition coefficient (Wildman–Crippen LogP) is 11.5. The van der Waals surface area contributed by atoms with Crippen LogP contribution in [0.1, 0.15) is 42.2 Å². The van der Waals surface area contributed by atoms with Gasteiger partial charge in [-0.3, -0.25) is 13.9 Å². The second kappa shape index (κ2) is 21.7. The molecule has 26 nitrogen and oxygen atoms in total. The number of nitrogen functional groups attached to an aromatic ring is 2. The third kappa shape index (κ3) is 11.8. The number of aromatic hydroxyl groups is 2. The van der Waals surface area contributed by atoms with E-state index in [1.807, 2.05) is 0 Å². The number of carboxylic acids is 3. The first-order chi connectivity index (χ1) is 37.0. The molecular weight excluding hydrogens is 1060 g/mol. The minimum absolute atomic E-state index is 0.00169. The van der Waals surface area contributed by atoms with Gasteiger partial charge in [0, 0.05) is 28.2 Å². The van der Waals surface area contributed by atoms with E-state index in [1.165, 1.54) is 78.9 Å². The van der Waals surface area contributed by atoms with Gasteiger partial charge < -0.3 is 41.7 Å². The minimum Gasteiger partial charge on any atom is -0.505 e. The highest BCUT2D eigenvalue weighted by Gasteiger charge is 2.25. The molecule has 8 aromatic rings. The Hall–Kier alpha value is -10.7. The van der Waals surface area contributed by atoms with Gasteiger partial charge in [0.2, 0.25) is 0 Å². The fourth-order valence-corrected chi connectivity index (χ4v) is 8.83. The van der Waals surface area contributed by atoms with Crippen molar-refractivity contribution in [2.75, 3.05) is 11.5 Å². The number of carbonyl (C=O) groups is 4. The zero-order chi connectivity index (χ0) is 56.2. The van der Waals surface area contributed by atoms with E-state index in [0.717, 1.165) is 42.5 Å². The molecule has 28 heteroatoms. The van der Waals surface area contributed by atoms with Crippen LogP contribution in [0.5, 0.6) is 17.2 Å². The van der Waals surface area contributed by atoms with Gasteiger partial charge in [0.05, 0.1) is 61.6 Å². The number of rotatable bonds is 17. The molecular formula is C50H34N10O16S2. The normalized spacial score (nSPS) is 12.2. The molecule has 0 aliphatic carbocycles. The van der Waals surface area contributed by atoms with Gasteiger partial charge in [-0.15, -0.1) is 20.5 Å². The standard InChI is InChI=1S/C50H34N10O16S2/c51-36-10-13-38(34-9-12-40(46(62)43(34)36)59-55-32-18-28(50(68)69)19-33(20-32)76-23-61)57-54-30-8-5-25(41(21-30)77(70,71)72)4-1-24-2-6-29(7-3-24)53-58-39-14-11-37(52)44-35(39)22-42(78(73,74)75)45(47(44)63)60-56-31-16-26(48(64)65)15-27(17-31)49(66)67/h1-23,62-63H,51-52H2,(H,64,65)(H,66,67)(H,68,69)(H,70,71,72)(H,73,74,75)/b4-1+,57-54?,58-53?,59-55?,60-56?. The van der Waals surface area contributed by atoms with Gasteiger partial charge in [0.25, 0.3) is 26.7 Å². The van der Waals surface area contributed by atoms with E-state index in [4.69, 9.17) is 16.2 Å². The number of hydrogen-bond acceptors (Lipinski definition) is 21. The number of carboxylic acid groups (broad SMARTS) is 3. The smallest absolute Gasteiger partial charge is 0.335 e. The molecule has 0 amide bonds. The van der Waals surface area contributed by atoms with E-state index in [2.05, 4.69) is 40.9 Å². The predicted molar refractivity (Wildman–Crippen MR) is 279 cm³/mol. The molecule has 0 bridgehead atoms. The summed E-state index contributed by atoms with van der Waals surface area (Å²) in [7, 11) is -10.0. The summed E-state index contributed by atoms with van der Waals surface area (Å²) in [6.45, 7) is 0.109. The number of nitrogens with zero attached hydrogens (tertiary/aromatic N) is 8. The lowest BCUT2D eigenvalue weighted by molar-refractivity contribution is -0.120. The van der Waals surface area contributed by atoms with E-state index in [1.54, 1.807) is 12.1 Å².